The van der Waals surface area contributed by atoms with E-state index in [9.17, 15) is 13.2 Å². The first-order chi connectivity index (χ1) is 11.5. The normalized spacial score (nSPS) is 10.9. The maximum Gasteiger partial charge on any atom is 0.416 e. The Morgan fingerprint density at radius 2 is 1.75 bits per heavy atom. The number of aromatic amines is 1. The number of H-pyrrole nitrogens is 1. The Bertz CT molecular complexity index is 703. The Labute approximate surface area is 143 Å². The van der Waals surface area contributed by atoms with Gasteiger partial charge < -0.3 is 4.74 Å². The van der Waals surface area contributed by atoms with Gasteiger partial charge in [-0.25, -0.2) is 0 Å². The molecule has 0 bridgehead atoms. The molecule has 3 rings (SSSR count). The van der Waals surface area contributed by atoms with Gasteiger partial charge in [0.15, 0.2) is 0 Å². The number of methoxy groups -OCH3 is 1. The highest BCUT2D eigenvalue weighted by atomic mass is 79.9. The first-order valence-electron chi connectivity index (χ1n) is 6.49. The van der Waals surface area contributed by atoms with Gasteiger partial charge in [-0.1, -0.05) is 15.9 Å². The van der Waals surface area contributed by atoms with Gasteiger partial charge in [-0.2, -0.15) is 28.6 Å². The highest BCUT2D eigenvalue weighted by Gasteiger charge is 2.30. The summed E-state index contributed by atoms with van der Waals surface area (Å²) in [5.41, 5.74) is 0.289. The van der Waals surface area contributed by atoms with Crippen LogP contribution >= 0.6 is 15.9 Å². The summed E-state index contributed by atoms with van der Waals surface area (Å²) in [6.45, 7) is 0. The van der Waals surface area contributed by atoms with Crippen LogP contribution in [0.4, 0.5) is 13.2 Å². The number of nitrogens with one attached hydrogen (secondary N) is 1. The average molecular weight is 405 g/mol. The molecule has 24 heavy (non-hydrogen) atoms. The minimum atomic E-state index is -4.35. The predicted octanol–water partition coefficient (Wildman–Crippen LogP) is 2.99. The molecule has 0 saturated carbocycles. The summed E-state index contributed by atoms with van der Waals surface area (Å²) in [7, 11) is 1.45. The van der Waals surface area contributed by atoms with Crippen LogP contribution in [0.1, 0.15) is 11.3 Å². The first-order valence-corrected chi connectivity index (χ1v) is 7.61. The van der Waals surface area contributed by atoms with E-state index < -0.39 is 11.7 Å². The molecule has 0 atom stereocenters. The van der Waals surface area contributed by atoms with E-state index in [0.29, 0.717) is 22.6 Å². The minimum Gasteiger partial charge on any atom is -0.479 e. The third-order valence-corrected chi connectivity index (χ3v) is 3.26. The molecule has 11 heteroatoms. The minimum absolute atomic E-state index is 0.330. The van der Waals surface area contributed by atoms with Crippen LogP contribution < -0.4 is 4.74 Å². The van der Waals surface area contributed by atoms with Crippen LogP contribution in [0.15, 0.2) is 36.7 Å². The fourth-order valence-corrected chi connectivity index (χ4v) is 1.98. The maximum absolute atomic E-state index is 12.4. The number of aromatic nitrogens is 6. The van der Waals surface area contributed by atoms with Crippen LogP contribution in [-0.2, 0) is 11.5 Å². The van der Waals surface area contributed by atoms with Gasteiger partial charge in [0.1, 0.15) is 5.69 Å². The van der Waals surface area contributed by atoms with E-state index in [1.165, 1.54) is 24.0 Å². The van der Waals surface area contributed by atoms with E-state index in [2.05, 4.69) is 41.5 Å². The van der Waals surface area contributed by atoms with E-state index in [1.807, 2.05) is 0 Å². The van der Waals surface area contributed by atoms with Crippen LogP contribution in [0.3, 0.4) is 0 Å². The van der Waals surface area contributed by atoms with Crippen molar-refractivity contribution in [2.24, 2.45) is 0 Å². The number of alkyl halides is 4. The number of hydrogen-bond donors (Lipinski definition) is 1. The predicted molar refractivity (Wildman–Crippen MR) is 81.9 cm³/mol. The molecular weight excluding hydrogens is 393 g/mol. The topological polar surface area (TPSA) is 81.5 Å². The highest BCUT2D eigenvalue weighted by molar-refractivity contribution is 9.08. The number of halogens is 4. The third kappa shape index (κ3) is 4.54. The van der Waals surface area contributed by atoms with Crippen LogP contribution in [-0.4, -0.2) is 37.5 Å². The van der Waals surface area contributed by atoms with Crippen molar-refractivity contribution in [1.29, 1.82) is 0 Å². The quantitative estimate of drug-likeness (QED) is 0.678. The van der Waals surface area contributed by atoms with Crippen molar-refractivity contribution in [2.45, 2.75) is 11.5 Å². The van der Waals surface area contributed by atoms with Gasteiger partial charge in [-0.3, -0.25) is 0 Å². The molecular formula is C13H12BrF3N6O. The van der Waals surface area contributed by atoms with Crippen molar-refractivity contribution in [3.8, 4) is 11.6 Å². The van der Waals surface area contributed by atoms with E-state index in [4.69, 9.17) is 4.74 Å². The summed E-state index contributed by atoms with van der Waals surface area (Å²) in [4.78, 5) is 1.23. The number of ether oxygens (including phenoxy) is 1. The van der Waals surface area contributed by atoms with E-state index >= 15 is 0 Å². The number of rotatable bonds is 3. The molecule has 0 aliphatic rings. The maximum atomic E-state index is 12.4. The molecule has 0 amide bonds. The second-order valence-electron chi connectivity index (χ2n) is 4.28. The molecule has 0 fully saturated rings. The molecule has 0 aliphatic carbocycles. The lowest BCUT2D eigenvalue weighted by Crippen LogP contribution is -2.06. The zero-order valence-electron chi connectivity index (χ0n) is 12.3. The lowest BCUT2D eigenvalue weighted by atomic mass is 10.2. The third-order valence-electron chi connectivity index (χ3n) is 2.72. The van der Waals surface area contributed by atoms with Crippen molar-refractivity contribution in [3.05, 3.63) is 47.9 Å². The molecule has 2 heterocycles. The van der Waals surface area contributed by atoms with Gasteiger partial charge in [-0.15, -0.1) is 15.0 Å². The standard InChI is InChI=1S/C11H9BrF3N3O.C2H3N3/c1-19-10-9(6-12)16-18(17-10)8-4-2-7(3-5-8)11(13,14)15;1-2-4-5-3-1/h2-5H,6H2,1H3;1-2H,(H,3,4,5). The Morgan fingerprint density at radius 3 is 2.12 bits per heavy atom. The zero-order chi connectivity index (χ0) is 17.6. The molecule has 1 aromatic carbocycles. The molecule has 0 unspecified atom stereocenters. The lowest BCUT2D eigenvalue weighted by Gasteiger charge is -2.06. The second kappa shape index (κ2) is 7.90. The van der Waals surface area contributed by atoms with Crippen molar-refractivity contribution >= 4 is 15.9 Å². The van der Waals surface area contributed by atoms with Gasteiger partial charge >= 0.3 is 6.18 Å². The van der Waals surface area contributed by atoms with Crippen molar-refractivity contribution in [1.82, 2.24) is 30.4 Å². The van der Waals surface area contributed by atoms with Crippen LogP contribution in [0.25, 0.3) is 5.69 Å². The Hall–Kier alpha value is -2.43. The van der Waals surface area contributed by atoms with Crippen LogP contribution in [0.2, 0.25) is 0 Å². The fourth-order valence-electron chi connectivity index (χ4n) is 1.63. The van der Waals surface area contributed by atoms with Gasteiger partial charge in [0.05, 0.1) is 36.1 Å². The molecule has 1 N–H and O–H groups in total. The Morgan fingerprint density at radius 1 is 1.12 bits per heavy atom. The monoisotopic (exact) mass is 404 g/mol. The lowest BCUT2D eigenvalue weighted by molar-refractivity contribution is -0.137. The number of nitrogens with zero attached hydrogens (tertiary/aromatic N) is 5. The van der Waals surface area contributed by atoms with Gasteiger partial charge in [0.2, 0.25) is 0 Å². The first kappa shape index (κ1) is 17.9. The van der Waals surface area contributed by atoms with Crippen LogP contribution in [0.5, 0.6) is 5.88 Å². The summed E-state index contributed by atoms with van der Waals surface area (Å²) in [6.07, 6.45) is -1.19. The molecule has 0 spiro atoms. The number of hydrogen-bond acceptors (Lipinski definition) is 5. The average Bonchev–Trinajstić information content (AvgIpc) is 3.26. The van der Waals surface area contributed by atoms with Gasteiger partial charge in [0.25, 0.3) is 5.88 Å². The molecule has 7 nitrogen and oxygen atoms in total. The summed E-state index contributed by atoms with van der Waals surface area (Å²) < 4.78 is 42.3. The van der Waals surface area contributed by atoms with E-state index in [-0.39, 0.29) is 0 Å². The largest absolute Gasteiger partial charge is 0.479 e. The summed E-state index contributed by atoms with van der Waals surface area (Å²) in [5.74, 6) is 0.330. The molecule has 0 saturated heterocycles. The van der Waals surface area contributed by atoms with Crippen molar-refractivity contribution in [3.63, 3.8) is 0 Å². The highest BCUT2D eigenvalue weighted by Crippen LogP contribution is 2.29. The molecule has 2 aromatic heterocycles. The zero-order valence-corrected chi connectivity index (χ0v) is 13.9. The molecule has 0 aliphatic heterocycles. The fraction of sp³-hybridized carbons (Fsp3) is 0.231. The van der Waals surface area contributed by atoms with E-state index in [1.54, 1.807) is 12.4 Å². The molecule has 0 radical (unpaired) electrons. The van der Waals surface area contributed by atoms with Crippen molar-refractivity contribution < 1.29 is 17.9 Å². The summed E-state index contributed by atoms with van der Waals surface area (Å²) in [5, 5.41) is 17.9. The smallest absolute Gasteiger partial charge is 0.416 e. The molecule has 128 valence electrons. The van der Waals surface area contributed by atoms with Crippen molar-refractivity contribution in [2.75, 3.05) is 7.11 Å². The van der Waals surface area contributed by atoms with Crippen LogP contribution in [0, 0.1) is 0 Å². The number of benzene rings is 1. The Balaban J connectivity index is 0.000000355. The van der Waals surface area contributed by atoms with E-state index in [0.717, 1.165) is 12.1 Å². The van der Waals surface area contributed by atoms with Gasteiger partial charge in [-0.05, 0) is 24.3 Å². The Kier molecular flexibility index (Phi) is 5.90. The second-order valence-corrected chi connectivity index (χ2v) is 4.84. The summed E-state index contributed by atoms with van der Waals surface area (Å²) >= 11 is 3.23. The SMILES string of the molecule is COc1nn(-c2ccc(C(F)(F)F)cc2)nc1CBr.c1cn[nH]n1. The summed E-state index contributed by atoms with van der Waals surface area (Å²) in [6, 6.07) is 4.58. The molecule has 3 aromatic rings. The van der Waals surface area contributed by atoms with Gasteiger partial charge in [0, 0.05) is 0 Å².